The van der Waals surface area contributed by atoms with Crippen LogP contribution in [-0.2, 0) is 51.3 Å². The van der Waals surface area contributed by atoms with Gasteiger partial charge in [0.05, 0.1) is 37.9 Å². The van der Waals surface area contributed by atoms with Crippen LogP contribution >= 0.6 is 23.2 Å². The molecule has 0 radical (unpaired) electrons. The molecular weight excluding hydrogens is 819 g/mol. The number of nitrogen functional groups attached to an aromatic ring is 1. The van der Waals surface area contributed by atoms with Crippen LogP contribution in [0, 0.1) is 25.7 Å². The van der Waals surface area contributed by atoms with E-state index in [1.54, 1.807) is 71.9 Å². The molecule has 13 heteroatoms. The van der Waals surface area contributed by atoms with Gasteiger partial charge in [0.2, 0.25) is 5.91 Å². The van der Waals surface area contributed by atoms with Crippen molar-refractivity contribution in [3.63, 3.8) is 0 Å². The van der Waals surface area contributed by atoms with Gasteiger partial charge in [-0.1, -0.05) is 83.9 Å². The molecule has 2 atom stereocenters. The summed E-state index contributed by atoms with van der Waals surface area (Å²) in [7, 11) is 0. The summed E-state index contributed by atoms with van der Waals surface area (Å²) in [5.74, 6) is -3.50. The molecule has 4 N–H and O–H groups in total. The molecule has 0 saturated carbocycles. The SMILES string of the molecule is CC(C)(C)OC(=O)C[C@@H](CCOCc1ccccc1)C(=O)O.Cc1cc(N)ccc1Cl.Cc1cc(NC(=O)[C@H](CCOCc2ccccc2)CC(=O)OC(C)(C)C)ccc1Cl. The zero-order valence-electron chi connectivity index (χ0n) is 36.6. The summed E-state index contributed by atoms with van der Waals surface area (Å²) in [5, 5.41) is 13.4. The number of rotatable bonds is 17. The highest BCUT2D eigenvalue weighted by Crippen LogP contribution is 2.23. The highest BCUT2D eigenvalue weighted by atomic mass is 35.5. The predicted octanol–water partition coefficient (Wildman–Crippen LogP) is 10.8. The van der Waals surface area contributed by atoms with E-state index in [1.165, 1.54) is 0 Å². The van der Waals surface area contributed by atoms with Gasteiger partial charge in [-0.2, -0.15) is 0 Å². The topological polar surface area (TPSA) is 163 Å². The minimum Gasteiger partial charge on any atom is -0.481 e. The first-order chi connectivity index (χ1) is 28.6. The van der Waals surface area contributed by atoms with E-state index in [-0.39, 0.29) is 31.8 Å². The molecular formula is C48H62Cl2N2O9. The Morgan fingerprint density at radius 1 is 0.639 bits per heavy atom. The van der Waals surface area contributed by atoms with Crippen LogP contribution in [0.1, 0.15) is 89.5 Å². The molecule has 0 spiro atoms. The molecule has 11 nitrogen and oxygen atoms in total. The molecule has 0 unspecified atom stereocenters. The lowest BCUT2D eigenvalue weighted by molar-refractivity contribution is -0.160. The maximum atomic E-state index is 12.9. The Labute approximate surface area is 371 Å². The van der Waals surface area contributed by atoms with Crippen molar-refractivity contribution in [1.29, 1.82) is 0 Å². The van der Waals surface area contributed by atoms with Crippen molar-refractivity contribution in [1.82, 2.24) is 0 Å². The molecule has 0 bridgehead atoms. The fourth-order valence-corrected chi connectivity index (χ4v) is 5.66. The maximum Gasteiger partial charge on any atom is 0.307 e. The predicted molar refractivity (Wildman–Crippen MR) is 242 cm³/mol. The van der Waals surface area contributed by atoms with E-state index in [0.717, 1.165) is 33.0 Å². The van der Waals surface area contributed by atoms with E-state index in [4.69, 9.17) is 47.9 Å². The lowest BCUT2D eigenvalue weighted by Crippen LogP contribution is -2.30. The Balaban J connectivity index is 0.000000359. The number of carboxylic acid groups (broad SMARTS) is 1. The number of carbonyl (C=O) groups excluding carboxylic acids is 3. The zero-order valence-corrected chi connectivity index (χ0v) is 38.1. The summed E-state index contributed by atoms with van der Waals surface area (Å²) in [6.07, 6.45) is 0.539. The number of anilines is 2. The van der Waals surface area contributed by atoms with Crippen molar-refractivity contribution < 1.29 is 43.2 Å². The van der Waals surface area contributed by atoms with E-state index in [1.807, 2.05) is 80.6 Å². The van der Waals surface area contributed by atoms with Crippen molar-refractivity contribution in [2.45, 2.75) is 105 Å². The second-order valence-corrected chi connectivity index (χ2v) is 17.2. The van der Waals surface area contributed by atoms with Gasteiger partial charge >= 0.3 is 17.9 Å². The van der Waals surface area contributed by atoms with Crippen LogP contribution < -0.4 is 11.1 Å². The molecule has 0 aromatic heterocycles. The number of nitrogens with two attached hydrogens (primary N) is 1. The number of halogens is 2. The monoisotopic (exact) mass is 880 g/mol. The second kappa shape index (κ2) is 26.4. The number of carbonyl (C=O) groups is 4. The molecule has 4 rings (SSSR count). The summed E-state index contributed by atoms with van der Waals surface area (Å²) >= 11 is 11.8. The van der Waals surface area contributed by atoms with Gasteiger partial charge in [0, 0.05) is 34.6 Å². The highest BCUT2D eigenvalue weighted by molar-refractivity contribution is 6.31. The summed E-state index contributed by atoms with van der Waals surface area (Å²) in [6.45, 7) is 16.0. The quantitative estimate of drug-likeness (QED) is 0.0528. The number of hydrogen-bond acceptors (Lipinski definition) is 9. The number of esters is 2. The zero-order chi connectivity index (χ0) is 45.6. The highest BCUT2D eigenvalue weighted by Gasteiger charge is 2.27. The Morgan fingerprint density at radius 3 is 1.48 bits per heavy atom. The number of aliphatic carboxylic acids is 1. The third-order valence-electron chi connectivity index (χ3n) is 8.44. The summed E-state index contributed by atoms with van der Waals surface area (Å²) in [4.78, 5) is 48.1. The molecule has 0 aliphatic rings. The van der Waals surface area contributed by atoms with Crippen molar-refractivity contribution in [2.75, 3.05) is 24.3 Å². The Morgan fingerprint density at radius 2 is 1.07 bits per heavy atom. The van der Waals surface area contributed by atoms with Gasteiger partial charge < -0.3 is 35.1 Å². The van der Waals surface area contributed by atoms with Gasteiger partial charge in [-0.05, 0) is 127 Å². The van der Waals surface area contributed by atoms with Crippen molar-refractivity contribution in [3.05, 3.63) is 129 Å². The van der Waals surface area contributed by atoms with Gasteiger partial charge in [-0.15, -0.1) is 0 Å². The van der Waals surface area contributed by atoms with E-state index in [2.05, 4.69) is 5.32 Å². The standard InChI is InChI=1S/C24H30ClNO4.C17H24O5.C7H8ClN/c1-17-14-20(10-11-21(17)25)26-23(28)19(15-22(27)30-24(2,3)4)12-13-29-16-18-8-6-5-7-9-18;1-17(2,3)22-15(18)11-14(16(19)20)9-10-21-12-13-7-5-4-6-8-13;1-5-4-6(9)2-3-7(5)8/h5-11,14,19H,12-13,15-16H2,1-4H3,(H,26,28);4-8,14H,9-12H2,1-3H3,(H,19,20);2-4H,9H2,1H3/t19-;14-;/m11./s1. The Bertz CT molecular complexity index is 1960. The summed E-state index contributed by atoms with van der Waals surface area (Å²) in [6, 6.07) is 30.2. The normalized spacial score (nSPS) is 12.0. The smallest absolute Gasteiger partial charge is 0.307 e. The fraction of sp³-hybridized carbons (Fsp3) is 0.417. The van der Waals surface area contributed by atoms with E-state index >= 15 is 0 Å². The summed E-state index contributed by atoms with van der Waals surface area (Å²) < 4.78 is 21.7. The Hall–Kier alpha value is -4.94. The number of carboxylic acids is 1. The van der Waals surface area contributed by atoms with Crippen molar-refractivity contribution in [3.8, 4) is 0 Å². The van der Waals surface area contributed by atoms with Crippen LogP contribution in [-0.4, -0.2) is 53.3 Å². The van der Waals surface area contributed by atoms with Crippen LogP contribution in [0.15, 0.2) is 97.1 Å². The number of ether oxygens (including phenoxy) is 4. The first kappa shape index (κ1) is 52.2. The molecule has 4 aromatic carbocycles. The number of benzene rings is 4. The minimum absolute atomic E-state index is 0.00955. The number of aryl methyl sites for hydroxylation is 2. The average molecular weight is 882 g/mol. The maximum absolute atomic E-state index is 12.9. The van der Waals surface area contributed by atoms with Crippen molar-refractivity contribution in [2.24, 2.45) is 11.8 Å². The molecule has 0 aliphatic heterocycles. The summed E-state index contributed by atoms with van der Waals surface area (Å²) in [5.41, 5.74) is 9.64. The van der Waals surface area contributed by atoms with Gasteiger partial charge in [-0.3, -0.25) is 19.2 Å². The number of amides is 1. The first-order valence-electron chi connectivity index (χ1n) is 20.1. The molecule has 4 aromatic rings. The van der Waals surface area contributed by atoms with Gasteiger partial charge in [-0.25, -0.2) is 0 Å². The van der Waals surface area contributed by atoms with E-state index in [9.17, 15) is 24.3 Å². The third kappa shape index (κ3) is 23.6. The fourth-order valence-electron chi connectivity index (χ4n) is 5.42. The minimum atomic E-state index is -1.01. The van der Waals surface area contributed by atoms with Crippen LogP contribution in [0.25, 0.3) is 0 Å². The lowest BCUT2D eigenvalue weighted by Gasteiger charge is -2.22. The number of nitrogens with one attached hydrogen (secondary N) is 1. The molecule has 0 heterocycles. The molecule has 0 aliphatic carbocycles. The van der Waals surface area contributed by atoms with Gasteiger partial charge in [0.1, 0.15) is 11.2 Å². The van der Waals surface area contributed by atoms with Crippen molar-refractivity contribution >= 4 is 58.4 Å². The second-order valence-electron chi connectivity index (χ2n) is 16.4. The van der Waals surface area contributed by atoms with Crippen LogP contribution in [0.4, 0.5) is 11.4 Å². The lowest BCUT2D eigenvalue weighted by atomic mass is 10.00. The molecule has 0 saturated heterocycles. The molecule has 1 amide bonds. The molecule has 61 heavy (non-hydrogen) atoms. The van der Waals surface area contributed by atoms with E-state index in [0.29, 0.717) is 37.0 Å². The van der Waals surface area contributed by atoms with Crippen LogP contribution in [0.5, 0.6) is 0 Å². The van der Waals surface area contributed by atoms with E-state index < -0.39 is 40.9 Å². The molecule has 0 fully saturated rings. The third-order valence-corrected chi connectivity index (χ3v) is 9.29. The average Bonchev–Trinajstić information content (AvgIpc) is 3.17. The Kier molecular flexibility index (Phi) is 22.6. The largest absolute Gasteiger partial charge is 0.481 e. The van der Waals surface area contributed by atoms with Gasteiger partial charge in [0.15, 0.2) is 0 Å². The van der Waals surface area contributed by atoms with Crippen LogP contribution in [0.3, 0.4) is 0 Å². The first-order valence-corrected chi connectivity index (χ1v) is 20.9. The van der Waals surface area contributed by atoms with Gasteiger partial charge in [0.25, 0.3) is 0 Å². The van der Waals surface area contributed by atoms with Crippen LogP contribution in [0.2, 0.25) is 10.0 Å². The number of hydrogen-bond donors (Lipinski definition) is 3. The molecule has 332 valence electrons.